The van der Waals surface area contributed by atoms with Gasteiger partial charge in [-0.2, -0.15) is 0 Å². The van der Waals surface area contributed by atoms with Gasteiger partial charge in [-0.05, 0) is 99.7 Å². The summed E-state index contributed by atoms with van der Waals surface area (Å²) in [5.41, 5.74) is 0.374. The van der Waals surface area contributed by atoms with Gasteiger partial charge in [0.15, 0.2) is 0 Å². The molecule has 24 heavy (non-hydrogen) atoms. The van der Waals surface area contributed by atoms with E-state index in [9.17, 15) is 15.3 Å². The predicted octanol–water partition coefficient (Wildman–Crippen LogP) is 3.36. The molecule has 0 aromatic rings. The summed E-state index contributed by atoms with van der Waals surface area (Å²) in [5.74, 6) is 3.07. The molecule has 4 saturated carbocycles. The highest BCUT2D eigenvalue weighted by Gasteiger charge is 2.62. The maximum Gasteiger partial charge on any atom is 0.0546 e. The van der Waals surface area contributed by atoms with E-state index in [4.69, 9.17) is 0 Å². The molecule has 0 aromatic carbocycles. The molecule has 1 unspecified atom stereocenters. The van der Waals surface area contributed by atoms with Gasteiger partial charge in [0.25, 0.3) is 0 Å². The van der Waals surface area contributed by atoms with Gasteiger partial charge in [0, 0.05) is 12.0 Å². The second-order valence-electron chi connectivity index (χ2n) is 9.94. The van der Waals surface area contributed by atoms with Crippen LogP contribution >= 0.6 is 0 Å². The lowest BCUT2D eigenvalue weighted by molar-refractivity contribution is -0.147. The van der Waals surface area contributed by atoms with Gasteiger partial charge >= 0.3 is 0 Å². The zero-order chi connectivity index (χ0) is 17.1. The molecule has 0 amide bonds. The first-order valence-corrected chi connectivity index (χ1v) is 10.4. The van der Waals surface area contributed by atoms with E-state index in [0.29, 0.717) is 17.3 Å². The van der Waals surface area contributed by atoms with E-state index in [2.05, 4.69) is 6.92 Å². The van der Waals surface area contributed by atoms with Crippen LogP contribution in [0.1, 0.15) is 71.6 Å². The lowest BCUT2D eigenvalue weighted by atomic mass is 9.44. The molecule has 0 spiro atoms. The quantitative estimate of drug-likeness (QED) is 0.724. The van der Waals surface area contributed by atoms with E-state index in [1.54, 1.807) is 0 Å². The van der Waals surface area contributed by atoms with Crippen molar-refractivity contribution in [3.63, 3.8) is 0 Å². The van der Waals surface area contributed by atoms with E-state index in [0.717, 1.165) is 37.5 Å². The van der Waals surface area contributed by atoms with Gasteiger partial charge in [-0.25, -0.2) is 0 Å². The van der Waals surface area contributed by atoms with Crippen molar-refractivity contribution in [3.8, 4) is 0 Å². The Hall–Kier alpha value is -0.120. The minimum absolute atomic E-state index is 0.0211. The molecule has 138 valence electrons. The first-order chi connectivity index (χ1) is 11.4. The molecule has 3 nitrogen and oxygen atoms in total. The van der Waals surface area contributed by atoms with Gasteiger partial charge in [-0.3, -0.25) is 0 Å². The van der Waals surface area contributed by atoms with Crippen LogP contribution in [-0.2, 0) is 0 Å². The smallest absolute Gasteiger partial charge is 0.0546 e. The standard InChI is InChI=1S/C21H36O3/c1-13(23)17-5-6-19-16-4-3-14-11-15(24)7-9-20(14,2)18(16)8-10-21(17,19)12-22/h13-19,22-24H,3-12H2,1-2H3/t13?,14-,15-,16+,17+,18-,19-,20-,21-/m0/s1. The second kappa shape index (κ2) is 5.96. The van der Waals surface area contributed by atoms with E-state index in [1.165, 1.54) is 32.1 Å². The Morgan fingerprint density at radius 2 is 1.79 bits per heavy atom. The maximum atomic E-state index is 10.3. The van der Waals surface area contributed by atoms with Crippen molar-refractivity contribution in [2.24, 2.45) is 40.4 Å². The lowest BCUT2D eigenvalue weighted by Gasteiger charge is -2.61. The highest BCUT2D eigenvalue weighted by atomic mass is 16.3. The molecule has 4 aliphatic rings. The first kappa shape index (κ1) is 17.3. The van der Waals surface area contributed by atoms with Crippen molar-refractivity contribution >= 4 is 0 Å². The molecule has 0 aromatic heterocycles. The molecular formula is C21H36O3. The van der Waals surface area contributed by atoms with E-state index < -0.39 is 0 Å². The third-order valence-corrected chi connectivity index (χ3v) is 9.30. The van der Waals surface area contributed by atoms with Crippen LogP contribution in [0.2, 0.25) is 0 Å². The van der Waals surface area contributed by atoms with Crippen molar-refractivity contribution in [1.29, 1.82) is 0 Å². The number of hydrogen-bond acceptors (Lipinski definition) is 3. The largest absolute Gasteiger partial charge is 0.396 e. The van der Waals surface area contributed by atoms with Gasteiger partial charge in [0.1, 0.15) is 0 Å². The van der Waals surface area contributed by atoms with Crippen molar-refractivity contribution in [2.45, 2.75) is 83.8 Å². The lowest BCUT2D eigenvalue weighted by Crippen LogP contribution is -2.56. The topological polar surface area (TPSA) is 60.7 Å². The molecule has 0 radical (unpaired) electrons. The van der Waals surface area contributed by atoms with Gasteiger partial charge in [-0.1, -0.05) is 6.92 Å². The summed E-state index contributed by atoms with van der Waals surface area (Å²) in [6.45, 7) is 4.69. The molecule has 4 fully saturated rings. The molecule has 4 rings (SSSR count). The fraction of sp³-hybridized carbons (Fsp3) is 1.00. The maximum absolute atomic E-state index is 10.3. The second-order valence-corrected chi connectivity index (χ2v) is 9.94. The van der Waals surface area contributed by atoms with Gasteiger partial charge in [0.05, 0.1) is 12.2 Å². The molecule has 3 heteroatoms. The van der Waals surface area contributed by atoms with Crippen molar-refractivity contribution < 1.29 is 15.3 Å². The Balaban J connectivity index is 1.62. The summed E-state index contributed by atoms with van der Waals surface area (Å²) in [6, 6.07) is 0. The van der Waals surface area contributed by atoms with Gasteiger partial charge in [0.2, 0.25) is 0 Å². The highest BCUT2D eigenvalue weighted by Crippen LogP contribution is 2.67. The van der Waals surface area contributed by atoms with Crippen molar-refractivity contribution in [2.75, 3.05) is 6.61 Å². The predicted molar refractivity (Wildman–Crippen MR) is 94.3 cm³/mol. The Morgan fingerprint density at radius 1 is 1.00 bits per heavy atom. The average Bonchev–Trinajstić information content (AvgIpc) is 2.95. The van der Waals surface area contributed by atoms with Crippen LogP contribution in [0.4, 0.5) is 0 Å². The molecule has 0 heterocycles. The van der Waals surface area contributed by atoms with Crippen LogP contribution < -0.4 is 0 Å². The van der Waals surface area contributed by atoms with Crippen LogP contribution in [0.5, 0.6) is 0 Å². The van der Waals surface area contributed by atoms with Crippen molar-refractivity contribution in [3.05, 3.63) is 0 Å². The monoisotopic (exact) mass is 336 g/mol. The summed E-state index contributed by atoms with van der Waals surface area (Å²) in [6.07, 6.45) is 9.91. The molecule has 0 saturated heterocycles. The Morgan fingerprint density at radius 3 is 2.50 bits per heavy atom. The SMILES string of the molecule is CC(O)[C@H]1CC[C@H]2[C@@H]3CC[C@H]4C[C@@H](O)CC[C@]4(C)[C@H]3CC[C@]12CO. The minimum atomic E-state index is -0.296. The fourth-order valence-corrected chi connectivity index (χ4v) is 8.12. The Bertz CT molecular complexity index is 478. The van der Waals surface area contributed by atoms with Crippen molar-refractivity contribution in [1.82, 2.24) is 0 Å². The number of hydrogen-bond donors (Lipinski definition) is 3. The first-order valence-electron chi connectivity index (χ1n) is 10.4. The molecule has 0 bridgehead atoms. The number of aliphatic hydroxyl groups excluding tert-OH is 3. The van der Waals surface area contributed by atoms with E-state index in [1.807, 2.05) is 6.92 Å². The Kier molecular flexibility index (Phi) is 4.29. The third-order valence-electron chi connectivity index (χ3n) is 9.30. The fourth-order valence-electron chi connectivity index (χ4n) is 8.12. The summed E-state index contributed by atoms with van der Waals surface area (Å²) < 4.78 is 0. The molecule has 9 atom stereocenters. The summed E-state index contributed by atoms with van der Waals surface area (Å²) in [7, 11) is 0. The number of rotatable bonds is 2. The third kappa shape index (κ3) is 2.27. The van der Waals surface area contributed by atoms with Crippen LogP contribution in [0.25, 0.3) is 0 Å². The van der Waals surface area contributed by atoms with E-state index >= 15 is 0 Å². The minimum Gasteiger partial charge on any atom is -0.396 e. The molecule has 4 aliphatic carbocycles. The number of aliphatic hydroxyl groups is 3. The normalized spacial score (nSPS) is 55.4. The highest BCUT2D eigenvalue weighted by molar-refractivity contribution is 5.11. The van der Waals surface area contributed by atoms with Crippen LogP contribution in [-0.4, -0.2) is 34.1 Å². The van der Waals surface area contributed by atoms with Crippen LogP contribution in [0.15, 0.2) is 0 Å². The van der Waals surface area contributed by atoms with Crippen LogP contribution in [0.3, 0.4) is 0 Å². The zero-order valence-corrected chi connectivity index (χ0v) is 15.5. The van der Waals surface area contributed by atoms with Gasteiger partial charge in [-0.15, -0.1) is 0 Å². The molecule has 0 aliphatic heterocycles. The summed E-state index contributed by atoms with van der Waals surface area (Å²) in [4.78, 5) is 0. The average molecular weight is 337 g/mol. The van der Waals surface area contributed by atoms with Gasteiger partial charge < -0.3 is 15.3 Å². The Labute approximate surface area is 146 Å². The van der Waals surface area contributed by atoms with Crippen LogP contribution in [0, 0.1) is 40.4 Å². The molecule has 3 N–H and O–H groups in total. The summed E-state index contributed by atoms with van der Waals surface area (Å²) in [5, 5.41) is 30.8. The zero-order valence-electron chi connectivity index (χ0n) is 15.5. The van der Waals surface area contributed by atoms with E-state index in [-0.39, 0.29) is 30.1 Å². The number of fused-ring (bicyclic) bond motifs is 5. The molecular weight excluding hydrogens is 300 g/mol. The summed E-state index contributed by atoms with van der Waals surface area (Å²) >= 11 is 0.